The zero-order valence-corrected chi connectivity index (χ0v) is 11.4. The summed E-state index contributed by atoms with van der Waals surface area (Å²) in [6.45, 7) is 0. The Morgan fingerprint density at radius 1 is 0.667 bits per heavy atom. The molecular weight excluding hydrogens is 260 g/mol. The maximum atomic E-state index is 10.2. The normalized spacial score (nSPS) is 10.1. The van der Waals surface area contributed by atoms with Gasteiger partial charge < -0.3 is 0 Å². The molecule has 0 amide bonds. The third-order valence-electron chi connectivity index (χ3n) is 3.20. The summed E-state index contributed by atoms with van der Waals surface area (Å²) in [7, 11) is 0. The van der Waals surface area contributed by atoms with Crippen LogP contribution < -0.4 is 5.56 Å². The molecule has 1 N–H and O–H groups in total. The number of nitrogens with zero attached hydrogens (tertiary/aromatic N) is 1. The van der Waals surface area contributed by atoms with Gasteiger partial charge in [-0.15, -0.1) is 0 Å². The highest BCUT2D eigenvalue weighted by molar-refractivity contribution is 5.98. The average Bonchev–Trinajstić information content (AvgIpc) is 2.54. The highest BCUT2D eigenvalue weighted by Crippen LogP contribution is 2.21. The predicted molar refractivity (Wildman–Crippen MR) is 86.3 cm³/mol. The van der Waals surface area contributed by atoms with Crippen molar-refractivity contribution in [1.82, 2.24) is 10.2 Å². The topological polar surface area (TPSA) is 45.8 Å². The fourth-order valence-corrected chi connectivity index (χ4v) is 2.19. The van der Waals surface area contributed by atoms with Gasteiger partial charge >= 0.3 is 0 Å². The smallest absolute Gasteiger partial charge is 0.264 e. The van der Waals surface area contributed by atoms with Crippen LogP contribution in [-0.2, 0) is 0 Å². The number of aromatic nitrogens is 2. The van der Waals surface area contributed by atoms with Gasteiger partial charge in [-0.05, 0) is 39.7 Å². The highest BCUT2D eigenvalue weighted by atomic mass is 16.1. The third kappa shape index (κ3) is 3.15. The van der Waals surface area contributed by atoms with Crippen molar-refractivity contribution in [2.45, 2.75) is 0 Å². The molecule has 1 heterocycles. The summed E-state index contributed by atoms with van der Waals surface area (Å²) < 4.78 is 0. The summed E-state index contributed by atoms with van der Waals surface area (Å²) in [5.41, 5.74) is -0.164. The van der Waals surface area contributed by atoms with E-state index in [4.69, 9.17) is 0 Å². The predicted octanol–water partition coefficient (Wildman–Crippen LogP) is 3.76. The first-order valence-corrected chi connectivity index (χ1v) is 6.70. The second-order valence-corrected chi connectivity index (χ2v) is 4.66. The minimum Gasteiger partial charge on any atom is -0.268 e. The summed E-state index contributed by atoms with van der Waals surface area (Å²) >= 11 is 0. The Kier molecular flexibility index (Phi) is 3.74. The lowest BCUT2D eigenvalue weighted by Crippen LogP contribution is -2.02. The second-order valence-electron chi connectivity index (χ2n) is 4.66. The minimum atomic E-state index is -0.164. The van der Waals surface area contributed by atoms with Gasteiger partial charge in [0.15, 0.2) is 0 Å². The van der Waals surface area contributed by atoms with E-state index >= 15 is 0 Å². The van der Waals surface area contributed by atoms with E-state index in [-0.39, 0.29) is 5.56 Å². The van der Waals surface area contributed by atoms with E-state index in [1.165, 1.54) is 33.8 Å². The summed E-state index contributed by atoms with van der Waals surface area (Å²) in [6.07, 6.45) is 1.52. The van der Waals surface area contributed by atoms with E-state index < -0.39 is 0 Å². The molecule has 3 aromatic carbocycles. The quantitative estimate of drug-likeness (QED) is 0.496. The lowest BCUT2D eigenvalue weighted by atomic mass is 10.0. The van der Waals surface area contributed by atoms with Crippen LogP contribution in [0.4, 0.5) is 0 Å². The standard InChI is InChI=1S/C14H10.C4H4N2O/c1-2-6-12-10-14-8-4-3-7-13(14)9-11(12)5-1;7-4-2-1-3-5-6-4/h1-10H;1-3H,(H,6,7). The van der Waals surface area contributed by atoms with Crippen LogP contribution in [0.5, 0.6) is 0 Å². The molecule has 0 aliphatic heterocycles. The van der Waals surface area contributed by atoms with Crippen molar-refractivity contribution in [3.63, 3.8) is 0 Å². The largest absolute Gasteiger partial charge is 0.268 e. The molecule has 0 saturated heterocycles. The monoisotopic (exact) mass is 274 g/mol. The van der Waals surface area contributed by atoms with E-state index in [1.807, 2.05) is 0 Å². The molecule has 0 fully saturated rings. The molecule has 0 spiro atoms. The fourth-order valence-electron chi connectivity index (χ4n) is 2.19. The van der Waals surface area contributed by atoms with Gasteiger partial charge in [-0.1, -0.05) is 48.5 Å². The lowest BCUT2D eigenvalue weighted by Gasteiger charge is -2.00. The Balaban J connectivity index is 0.000000160. The number of H-pyrrole nitrogens is 1. The number of hydrogen-bond acceptors (Lipinski definition) is 2. The van der Waals surface area contributed by atoms with Crippen molar-refractivity contribution < 1.29 is 0 Å². The van der Waals surface area contributed by atoms with E-state index in [0.717, 1.165) is 0 Å². The summed E-state index contributed by atoms with van der Waals surface area (Å²) in [6, 6.07) is 24.4. The summed E-state index contributed by atoms with van der Waals surface area (Å²) in [5, 5.41) is 10.9. The zero-order chi connectivity index (χ0) is 14.5. The van der Waals surface area contributed by atoms with Gasteiger partial charge in [0.25, 0.3) is 5.56 Å². The number of hydrogen-bond donors (Lipinski definition) is 1. The van der Waals surface area contributed by atoms with E-state index in [2.05, 4.69) is 70.9 Å². The first-order valence-electron chi connectivity index (χ1n) is 6.70. The Morgan fingerprint density at radius 2 is 1.14 bits per heavy atom. The molecule has 3 nitrogen and oxygen atoms in total. The third-order valence-corrected chi connectivity index (χ3v) is 3.20. The van der Waals surface area contributed by atoms with Crippen molar-refractivity contribution in [1.29, 1.82) is 0 Å². The molecule has 4 rings (SSSR count). The van der Waals surface area contributed by atoms with E-state index in [9.17, 15) is 4.79 Å². The molecule has 1 aromatic heterocycles. The maximum absolute atomic E-state index is 10.2. The van der Waals surface area contributed by atoms with Crippen molar-refractivity contribution in [3.05, 3.63) is 89.3 Å². The van der Waals surface area contributed by atoms with Crippen LogP contribution in [-0.4, -0.2) is 10.2 Å². The van der Waals surface area contributed by atoms with Crippen LogP contribution in [0.1, 0.15) is 0 Å². The first-order chi connectivity index (χ1) is 10.3. The molecule has 0 aliphatic rings. The fraction of sp³-hybridized carbons (Fsp3) is 0. The van der Waals surface area contributed by atoms with Gasteiger partial charge in [0.05, 0.1) is 0 Å². The molecule has 0 atom stereocenters. The van der Waals surface area contributed by atoms with Gasteiger partial charge in [-0.2, -0.15) is 5.10 Å². The van der Waals surface area contributed by atoms with Crippen LogP contribution in [0.3, 0.4) is 0 Å². The SMILES string of the molecule is O=c1cccn[nH]1.c1ccc2cc3ccccc3cc2c1. The molecule has 21 heavy (non-hydrogen) atoms. The minimum absolute atomic E-state index is 0.164. The van der Waals surface area contributed by atoms with Crippen LogP contribution in [0.15, 0.2) is 83.8 Å². The highest BCUT2D eigenvalue weighted by Gasteiger charge is 1.95. The molecule has 3 heteroatoms. The van der Waals surface area contributed by atoms with Gasteiger partial charge in [0.2, 0.25) is 0 Å². The molecular formula is C18H14N2O. The van der Waals surface area contributed by atoms with E-state index in [0.29, 0.717) is 0 Å². The molecule has 4 aromatic rings. The Labute approximate surface area is 121 Å². The number of nitrogens with one attached hydrogen (secondary N) is 1. The van der Waals surface area contributed by atoms with Crippen LogP contribution >= 0.6 is 0 Å². The average molecular weight is 274 g/mol. The van der Waals surface area contributed by atoms with Gasteiger partial charge in [0, 0.05) is 12.3 Å². The van der Waals surface area contributed by atoms with Crippen molar-refractivity contribution in [3.8, 4) is 0 Å². The first kappa shape index (κ1) is 13.1. The Bertz CT molecular complexity index is 806. The molecule has 0 radical (unpaired) electrons. The van der Waals surface area contributed by atoms with Crippen LogP contribution in [0.25, 0.3) is 21.5 Å². The maximum Gasteiger partial charge on any atom is 0.264 e. The number of rotatable bonds is 0. The Hall–Kier alpha value is -2.94. The molecule has 0 unspecified atom stereocenters. The van der Waals surface area contributed by atoms with Crippen molar-refractivity contribution in [2.75, 3.05) is 0 Å². The lowest BCUT2D eigenvalue weighted by molar-refractivity contribution is 0.988. The zero-order valence-electron chi connectivity index (χ0n) is 11.4. The van der Waals surface area contributed by atoms with Crippen molar-refractivity contribution >= 4 is 21.5 Å². The van der Waals surface area contributed by atoms with E-state index in [1.54, 1.807) is 6.07 Å². The number of aromatic amines is 1. The molecule has 0 bridgehead atoms. The Morgan fingerprint density at radius 3 is 1.43 bits per heavy atom. The van der Waals surface area contributed by atoms with Crippen molar-refractivity contribution in [2.24, 2.45) is 0 Å². The molecule has 0 saturated carbocycles. The summed E-state index contributed by atoms with van der Waals surface area (Å²) in [4.78, 5) is 10.2. The van der Waals surface area contributed by atoms with Gasteiger partial charge in [-0.25, -0.2) is 5.10 Å². The second kappa shape index (κ2) is 6.01. The van der Waals surface area contributed by atoms with Crippen LogP contribution in [0, 0.1) is 0 Å². The molecule has 0 aliphatic carbocycles. The number of fused-ring (bicyclic) bond motifs is 2. The number of benzene rings is 3. The summed E-state index contributed by atoms with van der Waals surface area (Å²) in [5.74, 6) is 0. The van der Waals surface area contributed by atoms with Crippen LogP contribution in [0.2, 0.25) is 0 Å². The van der Waals surface area contributed by atoms with Gasteiger partial charge in [-0.3, -0.25) is 4.79 Å². The van der Waals surface area contributed by atoms with Gasteiger partial charge in [0.1, 0.15) is 0 Å². The molecule has 102 valence electrons.